The van der Waals surface area contributed by atoms with Crippen LogP contribution in [0.5, 0.6) is 0 Å². The Balaban J connectivity index is 2.02. The molecule has 0 unspecified atom stereocenters. The van der Waals surface area contributed by atoms with Crippen molar-refractivity contribution in [1.29, 1.82) is 0 Å². The van der Waals surface area contributed by atoms with Crippen LogP contribution in [-0.2, 0) is 13.1 Å². The Hall–Kier alpha value is -2.04. The molecule has 3 N–H and O–H groups in total. The second-order valence-corrected chi connectivity index (χ2v) is 3.76. The summed E-state index contributed by atoms with van der Waals surface area (Å²) in [5.74, 6) is 0.440. The first-order valence-corrected chi connectivity index (χ1v) is 5.50. The molecule has 0 radical (unpaired) electrons. The van der Waals surface area contributed by atoms with E-state index in [2.05, 4.69) is 10.4 Å². The lowest BCUT2D eigenvalue weighted by atomic mass is 10.2. The normalized spacial score (nSPS) is 10.5. The van der Waals surface area contributed by atoms with Gasteiger partial charge in [-0.1, -0.05) is 6.07 Å². The fraction of sp³-hybridized carbons (Fsp3) is 0.250. The smallest absolute Gasteiger partial charge is 0.148 e. The van der Waals surface area contributed by atoms with Crippen LogP contribution in [0.4, 0.5) is 15.9 Å². The highest BCUT2D eigenvalue weighted by atomic mass is 19.1. The third-order valence-electron chi connectivity index (χ3n) is 2.50. The average molecular weight is 234 g/mol. The lowest BCUT2D eigenvalue weighted by Gasteiger charge is -2.05. The van der Waals surface area contributed by atoms with Crippen LogP contribution in [0.3, 0.4) is 0 Å². The van der Waals surface area contributed by atoms with Crippen LogP contribution >= 0.6 is 0 Å². The number of rotatable bonds is 4. The van der Waals surface area contributed by atoms with Gasteiger partial charge in [-0.05, 0) is 19.1 Å². The maximum atomic E-state index is 13.5. The maximum absolute atomic E-state index is 13.5. The number of hydrogen-bond donors (Lipinski definition) is 2. The number of hydrogen-bond acceptors (Lipinski definition) is 3. The first-order valence-electron chi connectivity index (χ1n) is 5.50. The Kier molecular flexibility index (Phi) is 3.27. The minimum atomic E-state index is -0.299. The summed E-state index contributed by atoms with van der Waals surface area (Å²) in [6.07, 6.45) is 1.88. The van der Waals surface area contributed by atoms with E-state index < -0.39 is 0 Å². The molecule has 2 aromatic rings. The number of nitrogens with one attached hydrogen (secondary N) is 1. The fourth-order valence-electron chi connectivity index (χ4n) is 1.52. The van der Waals surface area contributed by atoms with Gasteiger partial charge >= 0.3 is 0 Å². The summed E-state index contributed by atoms with van der Waals surface area (Å²) < 4.78 is 15.3. The number of benzene rings is 1. The molecule has 0 aliphatic carbocycles. The van der Waals surface area contributed by atoms with Crippen LogP contribution in [0.1, 0.15) is 12.5 Å². The van der Waals surface area contributed by atoms with Gasteiger partial charge in [-0.25, -0.2) is 4.39 Å². The summed E-state index contributed by atoms with van der Waals surface area (Å²) in [7, 11) is 0. The highest BCUT2D eigenvalue weighted by molar-refractivity contribution is 5.42. The number of aromatic nitrogens is 2. The minimum absolute atomic E-state index is 0.299. The van der Waals surface area contributed by atoms with Gasteiger partial charge in [0.2, 0.25) is 0 Å². The van der Waals surface area contributed by atoms with Gasteiger partial charge in [0.05, 0.1) is 0 Å². The molecule has 1 aromatic carbocycles. The van der Waals surface area contributed by atoms with Crippen LogP contribution in [-0.4, -0.2) is 9.78 Å². The Morgan fingerprint density at radius 1 is 1.41 bits per heavy atom. The molecule has 0 saturated heterocycles. The monoisotopic (exact) mass is 234 g/mol. The van der Waals surface area contributed by atoms with E-state index in [1.807, 2.05) is 23.9 Å². The van der Waals surface area contributed by atoms with Crippen LogP contribution in [0.15, 0.2) is 30.5 Å². The molecule has 0 aliphatic heterocycles. The third kappa shape index (κ3) is 2.75. The van der Waals surface area contributed by atoms with Crippen LogP contribution in [0.25, 0.3) is 0 Å². The second-order valence-electron chi connectivity index (χ2n) is 3.76. The molecular weight excluding hydrogens is 219 g/mol. The molecule has 0 spiro atoms. The van der Waals surface area contributed by atoms with Gasteiger partial charge in [0, 0.05) is 36.6 Å². The summed E-state index contributed by atoms with van der Waals surface area (Å²) >= 11 is 0. The molecule has 0 bridgehead atoms. The molecule has 1 aromatic heterocycles. The van der Waals surface area contributed by atoms with Gasteiger partial charge in [-0.15, -0.1) is 0 Å². The zero-order valence-corrected chi connectivity index (χ0v) is 9.65. The molecule has 4 nitrogen and oxygen atoms in total. The van der Waals surface area contributed by atoms with E-state index in [4.69, 9.17) is 5.73 Å². The minimum Gasteiger partial charge on any atom is -0.399 e. The quantitative estimate of drug-likeness (QED) is 0.798. The molecular formula is C12H15FN4. The van der Waals surface area contributed by atoms with Crippen molar-refractivity contribution < 1.29 is 4.39 Å². The number of aryl methyl sites for hydroxylation is 1. The molecule has 0 atom stereocenters. The molecule has 0 aliphatic rings. The predicted octanol–water partition coefficient (Wildman–Crippen LogP) is 2.24. The van der Waals surface area contributed by atoms with Gasteiger partial charge in [-0.2, -0.15) is 5.10 Å². The molecule has 17 heavy (non-hydrogen) atoms. The Labute approximate surface area is 99.2 Å². The van der Waals surface area contributed by atoms with Crippen molar-refractivity contribution >= 4 is 11.5 Å². The Bertz CT molecular complexity index is 507. The van der Waals surface area contributed by atoms with Crippen molar-refractivity contribution in [3.63, 3.8) is 0 Å². The number of anilines is 2. The standard InChI is InChI=1S/C12H15FN4/c1-2-17-6-5-12(16-17)15-8-9-3-4-10(14)7-11(9)13/h3-7H,2,8,14H2,1H3,(H,15,16). The van der Waals surface area contributed by atoms with Crippen molar-refractivity contribution in [2.45, 2.75) is 20.0 Å². The highest BCUT2D eigenvalue weighted by Gasteiger charge is 2.03. The fourth-order valence-corrected chi connectivity index (χ4v) is 1.52. The van der Waals surface area contributed by atoms with Crippen molar-refractivity contribution in [1.82, 2.24) is 9.78 Å². The third-order valence-corrected chi connectivity index (χ3v) is 2.50. The van der Waals surface area contributed by atoms with Gasteiger partial charge in [0.15, 0.2) is 0 Å². The molecule has 1 heterocycles. The first-order chi connectivity index (χ1) is 8.19. The lowest BCUT2D eigenvalue weighted by Crippen LogP contribution is -2.04. The summed E-state index contributed by atoms with van der Waals surface area (Å²) in [6, 6.07) is 6.54. The largest absolute Gasteiger partial charge is 0.399 e. The van der Waals surface area contributed by atoms with E-state index in [0.29, 0.717) is 17.8 Å². The molecule has 0 fully saturated rings. The molecule has 2 rings (SSSR count). The van der Waals surface area contributed by atoms with E-state index in [-0.39, 0.29) is 5.82 Å². The van der Waals surface area contributed by atoms with Crippen LogP contribution < -0.4 is 11.1 Å². The van der Waals surface area contributed by atoms with Crippen LogP contribution in [0.2, 0.25) is 0 Å². The first kappa shape index (κ1) is 11.4. The lowest BCUT2D eigenvalue weighted by molar-refractivity contribution is 0.613. The van der Waals surface area contributed by atoms with Gasteiger partial charge < -0.3 is 11.1 Å². The van der Waals surface area contributed by atoms with Gasteiger partial charge in [-0.3, -0.25) is 4.68 Å². The molecule has 90 valence electrons. The van der Waals surface area contributed by atoms with E-state index in [9.17, 15) is 4.39 Å². The predicted molar refractivity (Wildman–Crippen MR) is 66.0 cm³/mol. The van der Waals surface area contributed by atoms with Crippen molar-refractivity contribution in [3.05, 3.63) is 41.8 Å². The van der Waals surface area contributed by atoms with E-state index >= 15 is 0 Å². The van der Waals surface area contributed by atoms with Crippen molar-refractivity contribution in [2.24, 2.45) is 0 Å². The van der Waals surface area contributed by atoms with Crippen molar-refractivity contribution in [3.8, 4) is 0 Å². The van der Waals surface area contributed by atoms with Crippen LogP contribution in [0, 0.1) is 5.82 Å². The second kappa shape index (κ2) is 4.86. The summed E-state index contributed by atoms with van der Waals surface area (Å²) in [6.45, 7) is 3.22. The summed E-state index contributed by atoms with van der Waals surface area (Å²) in [5, 5.41) is 7.31. The zero-order valence-electron chi connectivity index (χ0n) is 9.65. The van der Waals surface area contributed by atoms with E-state index in [1.54, 1.807) is 12.1 Å². The topological polar surface area (TPSA) is 55.9 Å². The molecule has 5 heteroatoms. The molecule has 0 amide bonds. The zero-order chi connectivity index (χ0) is 12.3. The SMILES string of the molecule is CCn1ccc(NCc2ccc(N)cc2F)n1. The molecule has 0 saturated carbocycles. The number of nitrogens with zero attached hydrogens (tertiary/aromatic N) is 2. The number of nitrogens with two attached hydrogens (primary N) is 1. The highest BCUT2D eigenvalue weighted by Crippen LogP contribution is 2.13. The van der Waals surface area contributed by atoms with Gasteiger partial charge in [0.1, 0.15) is 11.6 Å². The maximum Gasteiger partial charge on any atom is 0.148 e. The van der Waals surface area contributed by atoms with E-state index in [0.717, 1.165) is 12.4 Å². The van der Waals surface area contributed by atoms with Gasteiger partial charge in [0.25, 0.3) is 0 Å². The number of halogens is 1. The number of nitrogen functional groups attached to an aromatic ring is 1. The average Bonchev–Trinajstić information content (AvgIpc) is 2.76. The Morgan fingerprint density at radius 3 is 2.88 bits per heavy atom. The van der Waals surface area contributed by atoms with Crippen molar-refractivity contribution in [2.75, 3.05) is 11.1 Å². The summed E-state index contributed by atoms with van der Waals surface area (Å²) in [4.78, 5) is 0. The van der Waals surface area contributed by atoms with E-state index in [1.165, 1.54) is 6.07 Å². The Morgan fingerprint density at radius 2 is 2.24 bits per heavy atom. The summed E-state index contributed by atoms with van der Waals surface area (Å²) in [5.41, 5.74) is 6.49.